The summed E-state index contributed by atoms with van der Waals surface area (Å²) < 4.78 is 16.0. The van der Waals surface area contributed by atoms with Crippen LogP contribution in [0.3, 0.4) is 0 Å². The Morgan fingerprint density at radius 1 is 1.43 bits per heavy atom. The summed E-state index contributed by atoms with van der Waals surface area (Å²) >= 11 is 0. The van der Waals surface area contributed by atoms with Gasteiger partial charge in [0.15, 0.2) is 0 Å². The lowest BCUT2D eigenvalue weighted by Crippen LogP contribution is -2.42. The van der Waals surface area contributed by atoms with Crippen molar-refractivity contribution in [3.05, 3.63) is 18.2 Å². The molecular weight excluding hydrogens is 280 g/mol. The Kier molecular flexibility index (Phi) is 3.33. The van der Waals surface area contributed by atoms with E-state index in [0.29, 0.717) is 16.7 Å². The molecule has 1 aliphatic heterocycles. The van der Waals surface area contributed by atoms with E-state index in [0.717, 1.165) is 0 Å². The van der Waals surface area contributed by atoms with Crippen molar-refractivity contribution in [3.63, 3.8) is 0 Å². The third kappa shape index (κ3) is 1.99. The Morgan fingerprint density at radius 3 is 2.81 bits per heavy atom. The second kappa shape index (κ2) is 4.92. The Hall–Kier alpha value is -1.74. The molecule has 1 saturated heterocycles. The van der Waals surface area contributed by atoms with Gasteiger partial charge in [0.1, 0.15) is 35.8 Å². The number of hydrogen-bond donors (Lipinski definition) is 3. The number of aliphatic hydroxyl groups is 3. The maximum atomic E-state index is 10.5. The molecule has 0 aromatic carbocycles. The Bertz CT molecular complexity index is 655. The Labute approximate surface area is 120 Å². The minimum atomic E-state index is -1.58. The molecule has 0 bridgehead atoms. The van der Waals surface area contributed by atoms with E-state index in [2.05, 4.69) is 9.97 Å². The fraction of sp³-hybridized carbons (Fsp3) is 0.538. The van der Waals surface area contributed by atoms with Crippen molar-refractivity contribution >= 4 is 11.1 Å². The average Bonchev–Trinajstić information content (AvgIpc) is 2.99. The summed E-state index contributed by atoms with van der Waals surface area (Å²) in [4.78, 5) is 8.04. The van der Waals surface area contributed by atoms with Crippen LogP contribution in [-0.4, -0.2) is 56.8 Å². The summed E-state index contributed by atoms with van der Waals surface area (Å²) in [5.41, 5.74) is -0.359. The van der Waals surface area contributed by atoms with E-state index >= 15 is 0 Å². The van der Waals surface area contributed by atoms with Gasteiger partial charge in [0, 0.05) is 5.56 Å². The number of ether oxygens (including phenoxy) is 2. The molecule has 2 aromatic rings. The fourth-order valence-corrected chi connectivity index (χ4v) is 2.63. The highest BCUT2D eigenvalue weighted by Crippen LogP contribution is 2.44. The number of nitrogens with zero attached hydrogens (tertiary/aromatic N) is 2. The smallest absolute Gasteiger partial charge is 0.261 e. The number of methoxy groups -OCH3 is 1. The van der Waals surface area contributed by atoms with E-state index in [4.69, 9.17) is 13.9 Å². The maximum absolute atomic E-state index is 10.5. The molecule has 0 saturated carbocycles. The zero-order valence-corrected chi connectivity index (χ0v) is 11.6. The van der Waals surface area contributed by atoms with Gasteiger partial charge in [-0.2, -0.15) is 4.98 Å². The topological polar surface area (TPSA) is 118 Å². The summed E-state index contributed by atoms with van der Waals surface area (Å²) in [5, 5.41) is 29.7. The molecule has 21 heavy (non-hydrogen) atoms. The Balaban J connectivity index is 2.09. The maximum Gasteiger partial charge on any atom is 0.261 e. The minimum absolute atomic E-state index is 0.267. The zero-order chi connectivity index (χ0) is 15.2. The molecule has 3 N–H and O–H groups in total. The summed E-state index contributed by atoms with van der Waals surface area (Å²) in [7, 11) is 1.46. The molecule has 1 fully saturated rings. The van der Waals surface area contributed by atoms with E-state index in [-0.39, 0.29) is 5.88 Å². The quantitative estimate of drug-likeness (QED) is 0.711. The van der Waals surface area contributed by atoms with Gasteiger partial charge in [-0.25, -0.2) is 4.98 Å². The standard InChI is InChI=1S/C13H16N2O6/c1-13(18)10(17)7(3-16)21-11(13)6-4-20-9-8(6)14-5-15-12(9)19-2/h4-5,7,10-11,16-18H,3H2,1-2H3/t7-,10-,11+,13-/m1/s1. The van der Waals surface area contributed by atoms with Crippen molar-refractivity contribution in [1.82, 2.24) is 9.97 Å². The first-order valence-electron chi connectivity index (χ1n) is 6.43. The van der Waals surface area contributed by atoms with Crippen molar-refractivity contribution < 1.29 is 29.2 Å². The molecule has 0 spiro atoms. The van der Waals surface area contributed by atoms with E-state index < -0.39 is 30.5 Å². The van der Waals surface area contributed by atoms with Gasteiger partial charge in [0.25, 0.3) is 5.88 Å². The zero-order valence-electron chi connectivity index (χ0n) is 11.6. The second-order valence-corrected chi connectivity index (χ2v) is 5.16. The molecule has 0 aliphatic carbocycles. The van der Waals surface area contributed by atoms with Gasteiger partial charge in [-0.15, -0.1) is 0 Å². The van der Waals surface area contributed by atoms with Gasteiger partial charge in [-0.3, -0.25) is 0 Å². The van der Waals surface area contributed by atoms with Crippen molar-refractivity contribution in [1.29, 1.82) is 0 Å². The number of aliphatic hydroxyl groups excluding tert-OH is 2. The van der Waals surface area contributed by atoms with Crippen LogP contribution in [-0.2, 0) is 4.74 Å². The van der Waals surface area contributed by atoms with Crippen LogP contribution in [0.2, 0.25) is 0 Å². The molecule has 2 aromatic heterocycles. The number of rotatable bonds is 3. The van der Waals surface area contributed by atoms with Crippen LogP contribution in [0, 0.1) is 0 Å². The van der Waals surface area contributed by atoms with Crippen LogP contribution >= 0.6 is 0 Å². The predicted molar refractivity (Wildman–Crippen MR) is 69.7 cm³/mol. The summed E-state index contributed by atoms with van der Waals surface area (Å²) in [6, 6.07) is 0. The van der Waals surface area contributed by atoms with Gasteiger partial charge in [-0.1, -0.05) is 0 Å². The molecular formula is C13H16N2O6. The Morgan fingerprint density at radius 2 is 2.19 bits per heavy atom. The van der Waals surface area contributed by atoms with Crippen molar-refractivity contribution in [2.24, 2.45) is 0 Å². The van der Waals surface area contributed by atoms with Gasteiger partial charge in [0.2, 0.25) is 5.58 Å². The third-order valence-corrected chi connectivity index (χ3v) is 3.80. The summed E-state index contributed by atoms with van der Waals surface area (Å²) in [6.45, 7) is 1.04. The minimum Gasteiger partial charge on any atom is -0.478 e. The van der Waals surface area contributed by atoms with Crippen LogP contribution in [0.4, 0.5) is 0 Å². The van der Waals surface area contributed by atoms with Gasteiger partial charge in [-0.05, 0) is 6.92 Å². The van der Waals surface area contributed by atoms with E-state index in [9.17, 15) is 15.3 Å². The number of hydrogen-bond acceptors (Lipinski definition) is 8. The van der Waals surface area contributed by atoms with Gasteiger partial charge in [0.05, 0.1) is 20.0 Å². The van der Waals surface area contributed by atoms with Crippen molar-refractivity contribution in [2.75, 3.05) is 13.7 Å². The molecule has 4 atom stereocenters. The lowest BCUT2D eigenvalue weighted by Gasteiger charge is -2.25. The third-order valence-electron chi connectivity index (χ3n) is 3.80. The molecule has 3 heterocycles. The van der Waals surface area contributed by atoms with E-state index in [1.807, 2.05) is 0 Å². The van der Waals surface area contributed by atoms with Crippen LogP contribution in [0.25, 0.3) is 11.1 Å². The first-order chi connectivity index (χ1) is 10.0. The highest BCUT2D eigenvalue weighted by atomic mass is 16.6. The fourth-order valence-electron chi connectivity index (χ4n) is 2.63. The van der Waals surface area contributed by atoms with Crippen molar-refractivity contribution in [2.45, 2.75) is 30.8 Å². The number of furan rings is 1. The molecule has 8 nitrogen and oxygen atoms in total. The van der Waals surface area contributed by atoms with Crippen LogP contribution in [0.5, 0.6) is 5.88 Å². The largest absolute Gasteiger partial charge is 0.478 e. The highest BCUT2D eigenvalue weighted by Gasteiger charge is 2.53. The lowest BCUT2D eigenvalue weighted by atomic mass is 9.89. The van der Waals surface area contributed by atoms with E-state index in [1.165, 1.54) is 26.6 Å². The normalized spacial score (nSPS) is 32.7. The van der Waals surface area contributed by atoms with Gasteiger partial charge < -0.3 is 29.2 Å². The van der Waals surface area contributed by atoms with Gasteiger partial charge >= 0.3 is 0 Å². The molecule has 0 amide bonds. The molecule has 0 radical (unpaired) electrons. The van der Waals surface area contributed by atoms with Crippen molar-refractivity contribution in [3.8, 4) is 5.88 Å². The highest BCUT2D eigenvalue weighted by molar-refractivity contribution is 5.81. The molecule has 3 rings (SSSR count). The molecule has 114 valence electrons. The summed E-state index contributed by atoms with van der Waals surface area (Å²) in [5.74, 6) is 0.267. The summed E-state index contributed by atoms with van der Waals surface area (Å²) in [6.07, 6.45) is -0.289. The first kappa shape index (κ1) is 14.2. The van der Waals surface area contributed by atoms with Crippen LogP contribution in [0.1, 0.15) is 18.6 Å². The monoisotopic (exact) mass is 296 g/mol. The SMILES string of the molecule is COc1ncnc2c([C@@H]3O[C@H](CO)[C@@H](O)[C@@]3(C)O)coc12. The predicted octanol–water partition coefficient (Wildman–Crippen LogP) is -0.224. The molecule has 1 aliphatic rings. The van der Waals surface area contributed by atoms with E-state index in [1.54, 1.807) is 0 Å². The molecule has 0 unspecified atom stereocenters. The first-order valence-corrected chi connectivity index (χ1v) is 6.43. The van der Waals surface area contributed by atoms with Crippen LogP contribution < -0.4 is 4.74 Å². The number of fused-ring (bicyclic) bond motifs is 1. The second-order valence-electron chi connectivity index (χ2n) is 5.16. The number of aromatic nitrogens is 2. The van der Waals surface area contributed by atoms with Crippen LogP contribution in [0.15, 0.2) is 17.0 Å². The average molecular weight is 296 g/mol. The molecule has 8 heteroatoms. The lowest BCUT2D eigenvalue weighted by molar-refractivity contribution is -0.0643.